The molecule has 1 atom stereocenters. The smallest absolute Gasteiger partial charge is 0.231 e. The zero-order chi connectivity index (χ0) is 19.3. The van der Waals surface area contributed by atoms with E-state index in [1.165, 1.54) is 0 Å². The number of ether oxygens (including phenoxy) is 3. The molecule has 0 spiro atoms. The second-order valence-electron chi connectivity index (χ2n) is 7.13. The average Bonchev–Trinajstić information content (AvgIpc) is 3.17. The van der Waals surface area contributed by atoms with Gasteiger partial charge in [-0.1, -0.05) is 18.2 Å². The van der Waals surface area contributed by atoms with Gasteiger partial charge in [-0.25, -0.2) is 0 Å². The van der Waals surface area contributed by atoms with Crippen molar-refractivity contribution in [1.82, 2.24) is 4.90 Å². The fourth-order valence-electron chi connectivity index (χ4n) is 3.60. The topological polar surface area (TPSA) is 74.6 Å². The number of fused-ring (bicyclic) bond motifs is 1. The van der Waals surface area contributed by atoms with Gasteiger partial charge in [0.05, 0.1) is 25.0 Å². The van der Waals surface area contributed by atoms with Gasteiger partial charge in [0.2, 0.25) is 6.79 Å². The molecule has 1 saturated heterocycles. The molecule has 0 saturated carbocycles. The van der Waals surface area contributed by atoms with Gasteiger partial charge in [-0.3, -0.25) is 4.90 Å². The Hall–Kier alpha value is -2.48. The molecule has 0 aromatic heterocycles. The van der Waals surface area contributed by atoms with Crippen molar-refractivity contribution in [3.8, 4) is 17.2 Å². The van der Waals surface area contributed by atoms with Crippen LogP contribution in [0.4, 0.5) is 5.69 Å². The minimum Gasteiger partial charge on any atom is -0.506 e. The monoisotopic (exact) mass is 386 g/mol. The number of aromatic hydroxyl groups is 1. The third-order valence-corrected chi connectivity index (χ3v) is 5.08. The molecule has 150 valence electrons. The van der Waals surface area contributed by atoms with Crippen LogP contribution in [0.5, 0.6) is 17.2 Å². The molecule has 7 nitrogen and oxygen atoms in total. The Kier molecular flexibility index (Phi) is 5.85. The van der Waals surface area contributed by atoms with E-state index >= 15 is 0 Å². The van der Waals surface area contributed by atoms with Crippen LogP contribution in [0, 0.1) is 0 Å². The number of phenols is 1. The van der Waals surface area contributed by atoms with E-state index in [0.29, 0.717) is 18.9 Å². The Morgan fingerprint density at radius 1 is 1.00 bits per heavy atom. The van der Waals surface area contributed by atoms with E-state index in [2.05, 4.69) is 9.80 Å². The molecule has 2 heterocycles. The van der Waals surface area contributed by atoms with E-state index in [0.717, 1.165) is 48.9 Å². The lowest BCUT2D eigenvalue weighted by Gasteiger charge is -2.37. The summed E-state index contributed by atoms with van der Waals surface area (Å²) in [6, 6.07) is 13.1. The number of benzene rings is 2. The summed E-state index contributed by atoms with van der Waals surface area (Å²) in [5.74, 6) is 1.81. The van der Waals surface area contributed by atoms with Crippen LogP contribution in [0.15, 0.2) is 42.5 Å². The predicted octanol–water partition coefficient (Wildman–Crippen LogP) is 1.82. The van der Waals surface area contributed by atoms with Gasteiger partial charge >= 0.3 is 0 Å². The summed E-state index contributed by atoms with van der Waals surface area (Å²) in [5, 5.41) is 20.3. The number of rotatable bonds is 7. The highest BCUT2D eigenvalue weighted by Gasteiger charge is 2.21. The number of anilines is 1. The Bertz CT molecular complexity index is 792. The summed E-state index contributed by atoms with van der Waals surface area (Å²) >= 11 is 0. The van der Waals surface area contributed by atoms with Crippen molar-refractivity contribution in [3.63, 3.8) is 0 Å². The molecule has 2 aliphatic heterocycles. The summed E-state index contributed by atoms with van der Waals surface area (Å²) in [4.78, 5) is 4.40. The molecule has 4 rings (SSSR count). The molecule has 0 amide bonds. The van der Waals surface area contributed by atoms with Crippen molar-refractivity contribution in [1.29, 1.82) is 0 Å². The van der Waals surface area contributed by atoms with E-state index in [1.807, 2.05) is 36.4 Å². The van der Waals surface area contributed by atoms with E-state index in [9.17, 15) is 10.2 Å². The maximum Gasteiger partial charge on any atom is 0.231 e. The molecular formula is C21H26N2O5. The first-order valence-electron chi connectivity index (χ1n) is 9.58. The highest BCUT2D eigenvalue weighted by atomic mass is 16.7. The van der Waals surface area contributed by atoms with Gasteiger partial charge in [-0.2, -0.15) is 0 Å². The minimum atomic E-state index is -0.536. The zero-order valence-corrected chi connectivity index (χ0v) is 15.8. The van der Waals surface area contributed by atoms with Gasteiger partial charge in [0.15, 0.2) is 11.5 Å². The molecule has 2 aliphatic rings. The second kappa shape index (κ2) is 8.68. The first-order chi connectivity index (χ1) is 13.7. The number of para-hydroxylation sites is 2. The van der Waals surface area contributed by atoms with Crippen molar-refractivity contribution in [3.05, 3.63) is 48.0 Å². The average molecular weight is 386 g/mol. The van der Waals surface area contributed by atoms with Crippen molar-refractivity contribution in [2.75, 3.05) is 51.0 Å². The first-order valence-corrected chi connectivity index (χ1v) is 9.58. The first kappa shape index (κ1) is 18.9. The minimum absolute atomic E-state index is 0.259. The van der Waals surface area contributed by atoms with Gasteiger partial charge in [0, 0.05) is 32.7 Å². The lowest BCUT2D eigenvalue weighted by atomic mass is 10.2. The third-order valence-electron chi connectivity index (χ3n) is 5.08. The molecule has 1 fully saturated rings. The maximum atomic E-state index is 10.3. The Balaban J connectivity index is 1.18. The molecule has 28 heavy (non-hydrogen) atoms. The molecule has 0 radical (unpaired) electrons. The van der Waals surface area contributed by atoms with Crippen LogP contribution < -0.4 is 14.4 Å². The fraction of sp³-hybridized carbons (Fsp3) is 0.429. The molecule has 0 unspecified atom stereocenters. The van der Waals surface area contributed by atoms with Crippen LogP contribution in [0.3, 0.4) is 0 Å². The summed E-state index contributed by atoms with van der Waals surface area (Å²) in [5.41, 5.74) is 1.86. The van der Waals surface area contributed by atoms with E-state index < -0.39 is 6.10 Å². The summed E-state index contributed by atoms with van der Waals surface area (Å²) < 4.78 is 16.3. The van der Waals surface area contributed by atoms with Crippen LogP contribution in [0.25, 0.3) is 0 Å². The van der Waals surface area contributed by atoms with Gasteiger partial charge in [-0.05, 0) is 29.8 Å². The number of β-amino-alcohol motifs (C(OH)–C–C–N with tert-alkyl or cyclic N) is 1. The number of aliphatic hydroxyl groups excluding tert-OH is 1. The van der Waals surface area contributed by atoms with Gasteiger partial charge in [0.1, 0.15) is 5.75 Å². The second-order valence-corrected chi connectivity index (χ2v) is 7.13. The van der Waals surface area contributed by atoms with Crippen molar-refractivity contribution in [2.45, 2.75) is 12.7 Å². The van der Waals surface area contributed by atoms with E-state index in [1.54, 1.807) is 6.07 Å². The molecule has 2 N–H and O–H groups in total. The maximum absolute atomic E-state index is 10.3. The van der Waals surface area contributed by atoms with E-state index in [-0.39, 0.29) is 13.4 Å². The Morgan fingerprint density at radius 3 is 2.61 bits per heavy atom. The number of hydrogen-bond acceptors (Lipinski definition) is 7. The summed E-state index contributed by atoms with van der Waals surface area (Å²) in [7, 11) is 0. The number of piperazine rings is 1. The number of nitrogens with zero attached hydrogens (tertiary/aromatic N) is 2. The van der Waals surface area contributed by atoms with Crippen molar-refractivity contribution in [2.24, 2.45) is 0 Å². The van der Waals surface area contributed by atoms with Crippen molar-refractivity contribution >= 4 is 5.69 Å². The fourth-order valence-corrected chi connectivity index (χ4v) is 3.60. The van der Waals surface area contributed by atoms with Crippen LogP contribution in [0.2, 0.25) is 0 Å². The van der Waals surface area contributed by atoms with Crippen LogP contribution in [-0.4, -0.2) is 67.3 Å². The highest BCUT2D eigenvalue weighted by Crippen LogP contribution is 2.32. The lowest BCUT2D eigenvalue weighted by molar-refractivity contribution is 0.00910. The van der Waals surface area contributed by atoms with Gasteiger partial charge < -0.3 is 29.3 Å². The molecule has 2 aromatic carbocycles. The Labute approximate surface area is 164 Å². The van der Waals surface area contributed by atoms with Crippen LogP contribution in [-0.2, 0) is 11.3 Å². The van der Waals surface area contributed by atoms with E-state index in [4.69, 9.17) is 14.2 Å². The molecule has 0 bridgehead atoms. The van der Waals surface area contributed by atoms with Gasteiger partial charge in [-0.15, -0.1) is 0 Å². The number of hydrogen-bond donors (Lipinski definition) is 2. The van der Waals surface area contributed by atoms with Crippen LogP contribution in [0.1, 0.15) is 5.56 Å². The molecule has 7 heteroatoms. The van der Waals surface area contributed by atoms with Gasteiger partial charge in [0.25, 0.3) is 0 Å². The largest absolute Gasteiger partial charge is 0.506 e. The molecule has 0 aliphatic carbocycles. The summed E-state index contributed by atoms with van der Waals surface area (Å²) in [6.07, 6.45) is -0.536. The van der Waals surface area contributed by atoms with Crippen molar-refractivity contribution < 1.29 is 24.4 Å². The predicted molar refractivity (Wildman–Crippen MR) is 105 cm³/mol. The molecule has 2 aromatic rings. The lowest BCUT2D eigenvalue weighted by Crippen LogP contribution is -2.49. The standard InChI is InChI=1S/C21H26N2O5/c24-17(14-26-13-16-5-6-20-21(11-16)28-15-27-20)12-22-7-9-23(10-8-22)18-3-1-2-4-19(18)25/h1-6,11,17,24-25H,7-10,12-15H2/t17-/m1/s1. The van der Waals surface area contributed by atoms with Crippen LogP contribution >= 0.6 is 0 Å². The summed E-state index contributed by atoms with van der Waals surface area (Å²) in [6.45, 7) is 4.87. The SMILES string of the molecule is Oc1ccccc1N1CCN(C[C@@H](O)COCc2ccc3c(c2)OCO3)CC1. The Morgan fingerprint density at radius 2 is 1.79 bits per heavy atom. The molecular weight excluding hydrogens is 360 g/mol. The normalized spacial score (nSPS) is 17.7. The number of phenolic OH excluding ortho intramolecular Hbond substituents is 1. The number of aliphatic hydroxyl groups is 1. The quantitative estimate of drug-likeness (QED) is 0.752. The highest BCUT2D eigenvalue weighted by molar-refractivity contribution is 5.57. The third kappa shape index (κ3) is 4.49. The zero-order valence-electron chi connectivity index (χ0n) is 15.8.